The monoisotopic (exact) mass is 310 g/mol. The van der Waals surface area contributed by atoms with E-state index < -0.39 is 17.5 Å². The van der Waals surface area contributed by atoms with E-state index in [0.717, 1.165) is 24.8 Å². The summed E-state index contributed by atoms with van der Waals surface area (Å²) in [5, 5.41) is 15.3. The second-order valence-corrected chi connectivity index (χ2v) is 5.85. The number of hydrogen-bond acceptors (Lipinski definition) is 2. The molecule has 6 heteroatoms. The lowest BCUT2D eigenvalue weighted by atomic mass is 9.82. The molecule has 1 fully saturated rings. The molecule has 1 saturated carbocycles. The topological polar surface area (TPSA) is 78.4 Å². The molecule has 1 aliphatic rings. The third-order valence-corrected chi connectivity index (χ3v) is 4.39. The van der Waals surface area contributed by atoms with Gasteiger partial charge in [-0.05, 0) is 37.5 Å². The second kappa shape index (κ2) is 6.35. The van der Waals surface area contributed by atoms with E-state index in [9.17, 15) is 14.7 Å². The maximum absolute atomic E-state index is 12.1. The first-order valence-corrected chi connectivity index (χ1v) is 7.40. The molecule has 1 aromatic carbocycles. The number of carboxylic acid groups (broad SMARTS) is 1. The summed E-state index contributed by atoms with van der Waals surface area (Å²) in [7, 11) is 0. The van der Waals surface area contributed by atoms with Crippen molar-refractivity contribution in [2.75, 3.05) is 5.32 Å². The van der Waals surface area contributed by atoms with Crippen LogP contribution in [0, 0.1) is 6.92 Å². The molecular weight excluding hydrogens is 292 g/mol. The van der Waals surface area contributed by atoms with E-state index in [2.05, 4.69) is 10.6 Å². The molecule has 0 saturated heterocycles. The average Bonchev–Trinajstić information content (AvgIpc) is 2.44. The number of amides is 2. The Morgan fingerprint density at radius 2 is 1.90 bits per heavy atom. The van der Waals surface area contributed by atoms with Crippen LogP contribution in [0.25, 0.3) is 0 Å². The van der Waals surface area contributed by atoms with Crippen molar-refractivity contribution in [2.45, 2.75) is 44.6 Å². The third-order valence-electron chi connectivity index (χ3n) is 3.99. The highest BCUT2D eigenvalue weighted by atomic mass is 35.5. The summed E-state index contributed by atoms with van der Waals surface area (Å²) < 4.78 is 0. The van der Waals surface area contributed by atoms with Crippen LogP contribution >= 0.6 is 11.6 Å². The Hall–Kier alpha value is -1.75. The average molecular weight is 311 g/mol. The minimum absolute atomic E-state index is 0.463. The first-order chi connectivity index (χ1) is 9.94. The van der Waals surface area contributed by atoms with E-state index in [-0.39, 0.29) is 0 Å². The highest BCUT2D eigenvalue weighted by Gasteiger charge is 2.41. The van der Waals surface area contributed by atoms with Crippen molar-refractivity contribution in [1.82, 2.24) is 5.32 Å². The van der Waals surface area contributed by atoms with Gasteiger partial charge >= 0.3 is 12.0 Å². The van der Waals surface area contributed by atoms with Gasteiger partial charge in [-0.2, -0.15) is 0 Å². The number of aliphatic carboxylic acids is 1. The van der Waals surface area contributed by atoms with Crippen LogP contribution in [0.15, 0.2) is 18.2 Å². The molecule has 2 amide bonds. The number of hydrogen-bond donors (Lipinski definition) is 3. The predicted octanol–water partition coefficient (Wildman–Crippen LogP) is 3.56. The quantitative estimate of drug-likeness (QED) is 0.798. The Kier molecular flexibility index (Phi) is 4.73. The SMILES string of the molecule is Cc1c(Cl)cccc1NC(=O)NC1(C(=O)O)CCCCC1. The molecule has 0 aliphatic heterocycles. The Balaban J connectivity index is 2.09. The van der Waals surface area contributed by atoms with E-state index in [4.69, 9.17) is 11.6 Å². The fourth-order valence-corrected chi connectivity index (χ4v) is 2.84. The zero-order valence-corrected chi connectivity index (χ0v) is 12.7. The first-order valence-electron chi connectivity index (χ1n) is 7.02. The number of urea groups is 1. The molecule has 0 radical (unpaired) electrons. The summed E-state index contributed by atoms with van der Waals surface area (Å²) in [6.45, 7) is 1.80. The van der Waals surface area contributed by atoms with E-state index >= 15 is 0 Å². The van der Waals surface area contributed by atoms with Crippen LogP contribution < -0.4 is 10.6 Å². The van der Waals surface area contributed by atoms with Gasteiger partial charge in [0.1, 0.15) is 5.54 Å². The van der Waals surface area contributed by atoms with Crippen LogP contribution in [0.3, 0.4) is 0 Å². The first kappa shape index (κ1) is 15.6. The minimum atomic E-state index is -1.16. The normalized spacial score (nSPS) is 17.0. The van der Waals surface area contributed by atoms with Gasteiger partial charge in [0.05, 0.1) is 0 Å². The lowest BCUT2D eigenvalue weighted by Gasteiger charge is -2.33. The van der Waals surface area contributed by atoms with Gasteiger partial charge in [-0.3, -0.25) is 0 Å². The smallest absolute Gasteiger partial charge is 0.329 e. The van der Waals surface area contributed by atoms with Crippen LogP contribution in [0.2, 0.25) is 5.02 Å². The Morgan fingerprint density at radius 3 is 2.52 bits per heavy atom. The fraction of sp³-hybridized carbons (Fsp3) is 0.467. The molecule has 21 heavy (non-hydrogen) atoms. The number of carbonyl (C=O) groups is 2. The number of benzene rings is 1. The van der Waals surface area contributed by atoms with Gasteiger partial charge < -0.3 is 15.7 Å². The zero-order chi connectivity index (χ0) is 15.5. The summed E-state index contributed by atoms with van der Waals surface area (Å²) in [5.41, 5.74) is 0.174. The standard InChI is InChI=1S/C15H19ClN2O3/c1-10-11(16)6-5-7-12(10)17-14(21)18-15(13(19)20)8-3-2-4-9-15/h5-7H,2-4,8-9H2,1H3,(H,19,20)(H2,17,18,21). The van der Waals surface area contributed by atoms with Crippen LogP contribution in [0.1, 0.15) is 37.7 Å². The van der Waals surface area contributed by atoms with E-state index in [1.54, 1.807) is 25.1 Å². The van der Waals surface area contributed by atoms with Crippen LogP contribution in [-0.2, 0) is 4.79 Å². The number of rotatable bonds is 3. The molecular formula is C15H19ClN2O3. The highest BCUT2D eigenvalue weighted by molar-refractivity contribution is 6.31. The maximum atomic E-state index is 12.1. The molecule has 1 aliphatic carbocycles. The van der Waals surface area contributed by atoms with Gasteiger partial charge in [-0.25, -0.2) is 9.59 Å². The van der Waals surface area contributed by atoms with Gasteiger partial charge in [0, 0.05) is 10.7 Å². The van der Waals surface area contributed by atoms with Crippen molar-refractivity contribution in [3.05, 3.63) is 28.8 Å². The molecule has 3 N–H and O–H groups in total. The van der Waals surface area contributed by atoms with Crippen molar-refractivity contribution < 1.29 is 14.7 Å². The van der Waals surface area contributed by atoms with Crippen LogP contribution in [0.5, 0.6) is 0 Å². The predicted molar refractivity (Wildman–Crippen MR) is 81.8 cm³/mol. The molecule has 0 spiro atoms. The number of anilines is 1. The van der Waals surface area contributed by atoms with E-state index in [1.807, 2.05) is 0 Å². The molecule has 0 atom stereocenters. The largest absolute Gasteiger partial charge is 0.480 e. The summed E-state index contributed by atoms with van der Waals surface area (Å²) in [6, 6.07) is 4.69. The lowest BCUT2D eigenvalue weighted by molar-refractivity contribution is -0.145. The Morgan fingerprint density at radius 1 is 1.24 bits per heavy atom. The third kappa shape index (κ3) is 3.47. The molecule has 0 bridgehead atoms. The molecule has 0 unspecified atom stereocenters. The second-order valence-electron chi connectivity index (χ2n) is 5.44. The Labute approximate surface area is 128 Å². The van der Waals surface area contributed by atoms with Gasteiger partial charge in [0.2, 0.25) is 0 Å². The van der Waals surface area contributed by atoms with Gasteiger partial charge in [-0.15, -0.1) is 0 Å². The molecule has 114 valence electrons. The van der Waals surface area contributed by atoms with Gasteiger partial charge in [0.15, 0.2) is 0 Å². The fourth-order valence-electron chi connectivity index (χ4n) is 2.66. The molecule has 5 nitrogen and oxygen atoms in total. The summed E-state index contributed by atoms with van der Waals surface area (Å²) in [5.74, 6) is -0.972. The molecule has 0 aromatic heterocycles. The van der Waals surface area contributed by atoms with Gasteiger partial charge in [0.25, 0.3) is 0 Å². The number of carboxylic acids is 1. The lowest BCUT2D eigenvalue weighted by Crippen LogP contribution is -2.56. The van der Waals surface area contributed by atoms with Crippen molar-refractivity contribution >= 4 is 29.3 Å². The minimum Gasteiger partial charge on any atom is -0.480 e. The zero-order valence-electron chi connectivity index (χ0n) is 11.9. The van der Waals surface area contributed by atoms with Crippen molar-refractivity contribution in [3.8, 4) is 0 Å². The maximum Gasteiger partial charge on any atom is 0.329 e. The van der Waals surface area contributed by atoms with Crippen LogP contribution in [-0.4, -0.2) is 22.6 Å². The Bertz CT molecular complexity index is 554. The number of nitrogens with one attached hydrogen (secondary N) is 2. The summed E-state index contributed by atoms with van der Waals surface area (Å²) in [4.78, 5) is 23.6. The summed E-state index contributed by atoms with van der Waals surface area (Å²) in [6.07, 6.45) is 3.55. The molecule has 0 heterocycles. The van der Waals surface area contributed by atoms with Crippen molar-refractivity contribution in [3.63, 3.8) is 0 Å². The van der Waals surface area contributed by atoms with Crippen molar-refractivity contribution in [2.24, 2.45) is 0 Å². The summed E-state index contributed by atoms with van der Waals surface area (Å²) >= 11 is 6.00. The van der Waals surface area contributed by atoms with Crippen LogP contribution in [0.4, 0.5) is 10.5 Å². The van der Waals surface area contributed by atoms with E-state index in [1.165, 1.54) is 0 Å². The molecule has 1 aromatic rings. The number of carbonyl (C=O) groups excluding carboxylic acids is 1. The van der Waals surface area contributed by atoms with Crippen molar-refractivity contribution in [1.29, 1.82) is 0 Å². The van der Waals surface area contributed by atoms with Gasteiger partial charge in [-0.1, -0.05) is 36.9 Å². The molecule has 2 rings (SSSR count). The van der Waals surface area contributed by atoms with E-state index in [0.29, 0.717) is 23.6 Å². The highest BCUT2D eigenvalue weighted by Crippen LogP contribution is 2.29. The number of halogens is 1.